The highest BCUT2D eigenvalue weighted by atomic mass is 32.2. The second-order valence-electron chi connectivity index (χ2n) is 5.50. The van der Waals surface area contributed by atoms with Crippen LogP contribution in [0.4, 0.5) is 0 Å². The van der Waals surface area contributed by atoms with Crippen LogP contribution in [0.25, 0.3) is 11.0 Å². The number of aryl methyl sites for hydroxylation is 2. The lowest BCUT2D eigenvalue weighted by Crippen LogP contribution is -2.31. The number of nitrogens with zero attached hydrogens (tertiary/aromatic N) is 4. The number of sulfonamides is 1. The number of nitrogens with one attached hydrogen (secondary N) is 1. The van der Waals surface area contributed by atoms with E-state index in [0.717, 1.165) is 23.0 Å². The maximum absolute atomic E-state index is 12.1. The lowest BCUT2D eigenvalue weighted by atomic mass is 10.2. The monoisotopic (exact) mass is 339 g/mol. The molecule has 0 saturated carbocycles. The van der Waals surface area contributed by atoms with Crippen molar-refractivity contribution in [3.05, 3.63) is 23.5 Å². The fourth-order valence-electron chi connectivity index (χ4n) is 2.20. The number of hydrogen-bond donors (Lipinski definition) is 1. The zero-order valence-electron chi connectivity index (χ0n) is 13.7. The van der Waals surface area contributed by atoms with Crippen LogP contribution in [0.1, 0.15) is 22.5 Å². The molecule has 0 unspecified atom stereocenters. The molecule has 9 heteroatoms. The number of amides is 1. The maximum atomic E-state index is 12.1. The second kappa shape index (κ2) is 6.63. The number of pyridine rings is 1. The summed E-state index contributed by atoms with van der Waals surface area (Å²) in [4.78, 5) is 16.4. The van der Waals surface area contributed by atoms with E-state index in [-0.39, 0.29) is 5.91 Å². The average molecular weight is 339 g/mol. The molecule has 0 aliphatic rings. The summed E-state index contributed by atoms with van der Waals surface area (Å²) in [5.74, 6) is -0.232. The van der Waals surface area contributed by atoms with Gasteiger partial charge in [0.2, 0.25) is 10.0 Å². The molecule has 0 atom stereocenters. The Morgan fingerprint density at radius 1 is 1.43 bits per heavy atom. The van der Waals surface area contributed by atoms with Crippen molar-refractivity contribution in [3.8, 4) is 0 Å². The fourth-order valence-corrected chi connectivity index (χ4v) is 2.66. The molecule has 126 valence electrons. The Balaban J connectivity index is 1.95. The van der Waals surface area contributed by atoms with Crippen molar-refractivity contribution in [1.82, 2.24) is 24.4 Å². The molecule has 2 heterocycles. The van der Waals surface area contributed by atoms with E-state index in [9.17, 15) is 13.2 Å². The van der Waals surface area contributed by atoms with Crippen LogP contribution in [0.2, 0.25) is 0 Å². The molecule has 23 heavy (non-hydrogen) atoms. The Labute approximate surface area is 135 Å². The largest absolute Gasteiger partial charge is 0.352 e. The summed E-state index contributed by atoms with van der Waals surface area (Å²) in [6, 6.07) is 1.77. The predicted molar refractivity (Wildman–Crippen MR) is 87.7 cm³/mol. The summed E-state index contributed by atoms with van der Waals surface area (Å²) in [6.07, 6.45) is 3.21. The molecule has 8 nitrogen and oxygen atoms in total. The van der Waals surface area contributed by atoms with Crippen LogP contribution < -0.4 is 5.32 Å². The quantitative estimate of drug-likeness (QED) is 0.763. The SMILES string of the molecule is Cc1nn(C)c2ncc(C(=O)NCCCN(C)S(C)(=O)=O)cc12. The standard InChI is InChI=1S/C14H21N5O3S/c1-10-12-8-11(9-16-13(12)19(3)17-10)14(20)15-6-5-7-18(2)23(4,21)22/h8-9H,5-7H2,1-4H3,(H,15,20). The number of hydrogen-bond acceptors (Lipinski definition) is 5. The summed E-state index contributed by atoms with van der Waals surface area (Å²) in [5, 5.41) is 7.88. The molecule has 0 aromatic carbocycles. The predicted octanol–water partition coefficient (Wildman–Crippen LogP) is 0.288. The van der Waals surface area contributed by atoms with Crippen LogP contribution in [0, 0.1) is 6.92 Å². The van der Waals surface area contributed by atoms with Crippen molar-refractivity contribution in [3.63, 3.8) is 0 Å². The smallest absolute Gasteiger partial charge is 0.252 e. The van der Waals surface area contributed by atoms with Gasteiger partial charge in [0.25, 0.3) is 5.91 Å². The summed E-state index contributed by atoms with van der Waals surface area (Å²) in [5.41, 5.74) is 2.01. The van der Waals surface area contributed by atoms with Gasteiger partial charge in [0, 0.05) is 38.8 Å². The minimum atomic E-state index is -3.18. The Kier molecular flexibility index (Phi) is 5.00. The molecule has 0 aliphatic carbocycles. The molecule has 1 N–H and O–H groups in total. The lowest BCUT2D eigenvalue weighted by Gasteiger charge is -2.13. The molecule has 0 bridgehead atoms. The van der Waals surface area contributed by atoms with Crippen LogP contribution in [0.5, 0.6) is 0 Å². The Morgan fingerprint density at radius 2 is 2.13 bits per heavy atom. The molecule has 2 aromatic heterocycles. The van der Waals surface area contributed by atoms with Gasteiger partial charge in [0.05, 0.1) is 17.5 Å². The Morgan fingerprint density at radius 3 is 2.78 bits per heavy atom. The molecule has 1 amide bonds. The van der Waals surface area contributed by atoms with Crippen LogP contribution in [0.3, 0.4) is 0 Å². The molecular weight excluding hydrogens is 318 g/mol. The van der Waals surface area contributed by atoms with Crippen LogP contribution >= 0.6 is 0 Å². The van der Waals surface area contributed by atoms with Crippen molar-refractivity contribution in [2.45, 2.75) is 13.3 Å². The van der Waals surface area contributed by atoms with E-state index in [2.05, 4.69) is 15.4 Å². The highest BCUT2D eigenvalue weighted by Gasteiger charge is 2.12. The minimum absolute atomic E-state index is 0.232. The third-order valence-electron chi connectivity index (χ3n) is 3.63. The third-order valence-corrected chi connectivity index (χ3v) is 4.94. The fraction of sp³-hybridized carbons (Fsp3) is 0.500. The zero-order chi connectivity index (χ0) is 17.2. The molecule has 2 rings (SSSR count). The molecule has 0 aliphatic heterocycles. The van der Waals surface area contributed by atoms with E-state index in [1.54, 1.807) is 17.8 Å². The van der Waals surface area contributed by atoms with Crippen LogP contribution in [-0.4, -0.2) is 59.8 Å². The van der Waals surface area contributed by atoms with E-state index < -0.39 is 10.0 Å². The van der Waals surface area contributed by atoms with Gasteiger partial charge in [-0.1, -0.05) is 0 Å². The van der Waals surface area contributed by atoms with E-state index in [1.165, 1.54) is 17.5 Å². The number of carbonyl (C=O) groups is 1. The topological polar surface area (TPSA) is 97.2 Å². The van der Waals surface area contributed by atoms with Gasteiger partial charge < -0.3 is 5.32 Å². The van der Waals surface area contributed by atoms with Crippen molar-refractivity contribution < 1.29 is 13.2 Å². The van der Waals surface area contributed by atoms with Crippen molar-refractivity contribution in [2.24, 2.45) is 7.05 Å². The van der Waals surface area contributed by atoms with E-state index in [0.29, 0.717) is 25.1 Å². The molecule has 0 radical (unpaired) electrons. The van der Waals surface area contributed by atoms with Crippen molar-refractivity contribution >= 4 is 27.0 Å². The highest BCUT2D eigenvalue weighted by Crippen LogP contribution is 2.16. The van der Waals surface area contributed by atoms with Gasteiger partial charge in [-0.15, -0.1) is 0 Å². The summed E-state index contributed by atoms with van der Waals surface area (Å²) >= 11 is 0. The van der Waals surface area contributed by atoms with Gasteiger partial charge in [0.1, 0.15) is 0 Å². The Hall–Kier alpha value is -2.00. The lowest BCUT2D eigenvalue weighted by molar-refractivity contribution is 0.0952. The van der Waals surface area contributed by atoms with Gasteiger partial charge in [-0.05, 0) is 19.4 Å². The number of carbonyl (C=O) groups excluding carboxylic acids is 1. The normalized spacial score (nSPS) is 12.0. The molecular formula is C14H21N5O3S. The van der Waals surface area contributed by atoms with Gasteiger partial charge in [-0.3, -0.25) is 9.48 Å². The molecule has 0 spiro atoms. The first-order valence-electron chi connectivity index (χ1n) is 7.19. The summed E-state index contributed by atoms with van der Waals surface area (Å²) in [7, 11) is 0.139. The van der Waals surface area contributed by atoms with Crippen molar-refractivity contribution in [1.29, 1.82) is 0 Å². The zero-order valence-corrected chi connectivity index (χ0v) is 14.5. The van der Waals surface area contributed by atoms with Crippen molar-refractivity contribution in [2.75, 3.05) is 26.4 Å². The maximum Gasteiger partial charge on any atom is 0.252 e. The van der Waals surface area contributed by atoms with Gasteiger partial charge >= 0.3 is 0 Å². The van der Waals surface area contributed by atoms with Gasteiger partial charge in [-0.25, -0.2) is 17.7 Å². The number of fused-ring (bicyclic) bond motifs is 1. The second-order valence-corrected chi connectivity index (χ2v) is 7.59. The van der Waals surface area contributed by atoms with Gasteiger partial charge in [0.15, 0.2) is 5.65 Å². The molecule has 2 aromatic rings. The van der Waals surface area contributed by atoms with E-state index in [1.807, 2.05) is 6.92 Å². The minimum Gasteiger partial charge on any atom is -0.352 e. The first-order valence-corrected chi connectivity index (χ1v) is 9.04. The summed E-state index contributed by atoms with van der Waals surface area (Å²) in [6.45, 7) is 2.62. The third kappa shape index (κ3) is 4.05. The number of rotatable bonds is 6. The van der Waals surface area contributed by atoms with Crippen LogP contribution in [0.15, 0.2) is 12.3 Å². The first kappa shape index (κ1) is 17.4. The first-order chi connectivity index (χ1) is 10.7. The average Bonchev–Trinajstić information content (AvgIpc) is 2.76. The van der Waals surface area contributed by atoms with Crippen LogP contribution in [-0.2, 0) is 17.1 Å². The molecule has 0 saturated heterocycles. The number of aromatic nitrogens is 3. The van der Waals surface area contributed by atoms with E-state index in [4.69, 9.17) is 0 Å². The summed E-state index contributed by atoms with van der Waals surface area (Å²) < 4.78 is 25.5. The highest BCUT2D eigenvalue weighted by molar-refractivity contribution is 7.88. The van der Waals surface area contributed by atoms with Gasteiger partial charge in [-0.2, -0.15) is 5.10 Å². The Bertz CT molecular complexity index is 828. The van der Waals surface area contributed by atoms with E-state index >= 15 is 0 Å². The molecule has 0 fully saturated rings.